The number of hydrogen-bond donors (Lipinski definition) is 0. The third-order valence-electron chi connectivity index (χ3n) is 7.14. The lowest BCUT2D eigenvalue weighted by molar-refractivity contribution is 0.0519. The van der Waals surface area contributed by atoms with Crippen LogP contribution < -0.4 is 9.70 Å². The molecule has 1 fully saturated rings. The Kier molecular flexibility index (Phi) is 10.7. The van der Waals surface area contributed by atoms with E-state index < -0.39 is 8.07 Å². The van der Waals surface area contributed by atoms with Crippen molar-refractivity contribution in [1.29, 1.82) is 0 Å². The van der Waals surface area contributed by atoms with Crippen LogP contribution in [0.15, 0.2) is 35.3 Å². The smallest absolute Gasteiger partial charge is 0.358 e. The van der Waals surface area contributed by atoms with E-state index in [-0.39, 0.29) is 5.97 Å². The summed E-state index contributed by atoms with van der Waals surface area (Å²) in [4.78, 5) is 26.1. The summed E-state index contributed by atoms with van der Waals surface area (Å²) in [5.41, 5.74) is 2.60. The second-order valence-corrected chi connectivity index (χ2v) is 20.6. The largest absolute Gasteiger partial charge is 0.461 e. The molecule has 1 aliphatic rings. The Bertz CT molecular complexity index is 1640. The fourth-order valence-corrected chi connectivity index (χ4v) is 7.74. The predicted octanol–water partition coefficient (Wildman–Crippen LogP) is 7.68. The molecular weight excluding hydrogens is 711 g/mol. The van der Waals surface area contributed by atoms with Crippen molar-refractivity contribution in [3.05, 3.63) is 51.3 Å². The molecule has 0 atom stereocenters. The van der Waals surface area contributed by atoms with Crippen LogP contribution in [0.5, 0.6) is 0 Å². The Labute approximate surface area is 275 Å². The van der Waals surface area contributed by atoms with Crippen LogP contribution in [0.25, 0.3) is 10.2 Å². The molecule has 9 nitrogen and oxygen atoms in total. The first-order valence-corrected chi connectivity index (χ1v) is 21.6. The van der Waals surface area contributed by atoms with Crippen LogP contribution in [0.4, 0.5) is 16.8 Å². The van der Waals surface area contributed by atoms with E-state index in [2.05, 4.69) is 92.3 Å². The maximum absolute atomic E-state index is 12.6. The number of carbonyl (C=O) groups excluding carboxylic acids is 1. The summed E-state index contributed by atoms with van der Waals surface area (Å²) in [6.07, 6.45) is 3.97. The molecule has 1 aromatic carbocycles. The molecule has 0 aliphatic heterocycles. The summed E-state index contributed by atoms with van der Waals surface area (Å²) in [5, 5.41) is 9.94. The van der Waals surface area contributed by atoms with E-state index >= 15 is 0 Å². The van der Waals surface area contributed by atoms with Crippen molar-refractivity contribution >= 4 is 86.3 Å². The predicted molar refractivity (Wildman–Crippen MR) is 186 cm³/mol. The highest BCUT2D eigenvalue weighted by Gasteiger charge is 2.29. The second-order valence-electron chi connectivity index (χ2n) is 11.8. The van der Waals surface area contributed by atoms with Crippen LogP contribution in [0.1, 0.15) is 53.0 Å². The summed E-state index contributed by atoms with van der Waals surface area (Å²) in [6.45, 7) is 10.4. The topological polar surface area (TPSA) is 94.7 Å². The number of aromatic nitrogens is 4. The maximum atomic E-state index is 12.6. The lowest BCUT2D eigenvalue weighted by Gasteiger charge is -2.16. The Morgan fingerprint density at radius 3 is 2.72 bits per heavy atom. The van der Waals surface area contributed by atoms with Crippen LogP contribution >= 0.6 is 45.3 Å². The lowest BCUT2D eigenvalue weighted by atomic mass is 10.2. The molecule has 5 rings (SSSR count). The molecule has 0 N–H and O–H groups in total. The van der Waals surface area contributed by atoms with E-state index in [0.717, 1.165) is 68.2 Å². The quantitative estimate of drug-likeness (QED) is 0.0429. The number of thiazole rings is 2. The number of carbonyl (C=O) groups is 1. The fraction of sp³-hybridized carbons (Fsp3) is 0.500. The van der Waals surface area contributed by atoms with Crippen LogP contribution in [0.3, 0.4) is 0 Å². The van der Waals surface area contributed by atoms with E-state index in [1.807, 2.05) is 18.9 Å². The minimum Gasteiger partial charge on any atom is -0.461 e. The highest BCUT2D eigenvalue weighted by atomic mass is 127. The third-order valence-corrected chi connectivity index (χ3v) is 11.9. The molecule has 0 radical (unpaired) electrons. The molecule has 13 heteroatoms. The fourth-order valence-electron chi connectivity index (χ4n) is 4.53. The first-order chi connectivity index (χ1) is 20.7. The summed E-state index contributed by atoms with van der Waals surface area (Å²) in [6, 6.07) is 11.5. The highest BCUT2D eigenvalue weighted by Crippen LogP contribution is 2.45. The van der Waals surface area contributed by atoms with Crippen LogP contribution in [0, 0.1) is 0 Å². The number of halogens is 1. The van der Waals surface area contributed by atoms with Gasteiger partial charge in [0.25, 0.3) is 0 Å². The minimum absolute atomic E-state index is 0.318. The molecule has 0 unspecified atom stereocenters. The normalized spacial score (nSPS) is 14.0. The monoisotopic (exact) mass is 750 g/mol. The summed E-state index contributed by atoms with van der Waals surface area (Å²) >= 11 is 5.51. The highest BCUT2D eigenvalue weighted by molar-refractivity contribution is 14.1. The molecular formula is C30H39IN6O3S2Si. The molecule has 230 valence electrons. The first kappa shape index (κ1) is 32.2. The van der Waals surface area contributed by atoms with E-state index in [9.17, 15) is 4.79 Å². The molecule has 3 aromatic heterocycles. The molecule has 4 aromatic rings. The van der Waals surface area contributed by atoms with Gasteiger partial charge >= 0.3 is 5.97 Å². The molecule has 0 amide bonds. The van der Waals surface area contributed by atoms with Crippen LogP contribution in [0.2, 0.25) is 25.7 Å². The zero-order chi connectivity index (χ0) is 30.6. The molecule has 0 saturated heterocycles. The standard InChI is InChI=1S/C30H39IN6O3S2Si/c1-6-40-28(38)26-24(12-9-15-31)42-29(32-26)36(2)25-18-21(20-13-14-20)27(35-34-25)33-30-37(19-39-16-17-43(3,4)5)22-10-7-8-11-23(22)41-30/h7-8,10-11,18,20H,6,9,12-17,19H2,1-5H3/b33-30-. The number of esters is 1. The number of para-hydroxylation sites is 1. The van der Waals surface area contributed by atoms with E-state index in [1.54, 1.807) is 11.3 Å². The van der Waals surface area contributed by atoms with Crippen molar-refractivity contribution in [1.82, 2.24) is 19.7 Å². The van der Waals surface area contributed by atoms with Crippen molar-refractivity contribution in [2.75, 3.05) is 29.6 Å². The van der Waals surface area contributed by atoms with Crippen LogP contribution in [-0.4, -0.2) is 58.5 Å². The molecule has 1 saturated carbocycles. The average Bonchev–Trinajstić information content (AvgIpc) is 3.64. The number of nitrogens with zero attached hydrogens (tertiary/aromatic N) is 6. The van der Waals surface area contributed by atoms with Crippen molar-refractivity contribution in [2.24, 2.45) is 4.99 Å². The summed E-state index contributed by atoms with van der Waals surface area (Å²) in [5.74, 6) is 1.37. The Balaban J connectivity index is 1.47. The second kappa shape index (κ2) is 14.3. The van der Waals surface area contributed by atoms with Gasteiger partial charge in [-0.15, -0.1) is 21.5 Å². The van der Waals surface area contributed by atoms with Gasteiger partial charge in [-0.2, -0.15) is 4.99 Å². The number of anilines is 2. The number of fused-ring (bicyclic) bond motifs is 1. The van der Waals surface area contributed by atoms with Gasteiger partial charge in [-0.3, -0.25) is 4.57 Å². The van der Waals surface area contributed by atoms with Gasteiger partial charge in [-0.1, -0.05) is 65.7 Å². The van der Waals surface area contributed by atoms with Gasteiger partial charge in [0.05, 0.1) is 16.8 Å². The number of hydrogen-bond acceptors (Lipinski definition) is 10. The third kappa shape index (κ3) is 8.10. The van der Waals surface area contributed by atoms with Crippen molar-refractivity contribution < 1.29 is 14.3 Å². The average molecular weight is 751 g/mol. The van der Waals surface area contributed by atoms with Gasteiger partial charge in [0.2, 0.25) is 0 Å². The molecule has 0 bridgehead atoms. The van der Waals surface area contributed by atoms with E-state index in [1.165, 1.54) is 11.3 Å². The molecule has 0 spiro atoms. The van der Waals surface area contributed by atoms with Crippen molar-refractivity contribution in [2.45, 2.75) is 70.9 Å². The molecule has 43 heavy (non-hydrogen) atoms. The summed E-state index contributed by atoms with van der Waals surface area (Å²) in [7, 11) is 0.740. The number of ether oxygens (including phenoxy) is 2. The van der Waals surface area contributed by atoms with Crippen molar-refractivity contribution in [3.63, 3.8) is 0 Å². The van der Waals surface area contributed by atoms with Gasteiger partial charge < -0.3 is 14.4 Å². The van der Waals surface area contributed by atoms with E-state index in [4.69, 9.17) is 14.5 Å². The van der Waals surface area contributed by atoms with Gasteiger partial charge in [-0.05, 0) is 67.2 Å². The number of rotatable bonds is 14. The Hall–Kier alpha value is -2.20. The van der Waals surface area contributed by atoms with Crippen LogP contribution in [-0.2, 0) is 22.6 Å². The number of benzene rings is 1. The SMILES string of the molecule is CCOC(=O)c1nc(N(C)c2cc(C3CC3)c(/N=c3\sc4ccccc4n3COCC[Si](C)(C)C)nn2)sc1CCCI. The van der Waals surface area contributed by atoms with Crippen molar-refractivity contribution in [3.8, 4) is 0 Å². The first-order valence-electron chi connectivity index (χ1n) is 14.7. The Morgan fingerprint density at radius 2 is 2.00 bits per heavy atom. The van der Waals surface area contributed by atoms with Gasteiger partial charge in [0.15, 0.2) is 27.3 Å². The molecule has 3 heterocycles. The van der Waals surface area contributed by atoms with Gasteiger partial charge in [-0.25, -0.2) is 9.78 Å². The summed E-state index contributed by atoms with van der Waals surface area (Å²) < 4.78 is 15.8. The lowest BCUT2D eigenvalue weighted by Crippen LogP contribution is -2.23. The maximum Gasteiger partial charge on any atom is 0.358 e. The zero-order valence-electron chi connectivity index (χ0n) is 25.4. The Morgan fingerprint density at radius 1 is 1.21 bits per heavy atom. The zero-order valence-corrected chi connectivity index (χ0v) is 30.2. The number of alkyl halides is 1. The number of aryl methyl sites for hydroxylation is 1. The van der Waals surface area contributed by atoms with E-state index in [0.29, 0.717) is 41.7 Å². The van der Waals surface area contributed by atoms with Gasteiger partial charge in [0, 0.05) is 32.2 Å². The molecule has 1 aliphatic carbocycles. The van der Waals surface area contributed by atoms with Gasteiger partial charge in [0.1, 0.15) is 6.73 Å². The minimum atomic E-state index is -1.18.